The third kappa shape index (κ3) is 4.96. The average molecular weight is 472 g/mol. The Kier molecular flexibility index (Phi) is 6.25. The summed E-state index contributed by atoms with van der Waals surface area (Å²) in [6.07, 6.45) is 6.19. The third-order valence-corrected chi connectivity index (χ3v) is 6.62. The van der Waals surface area contributed by atoms with Crippen molar-refractivity contribution >= 4 is 22.8 Å². The fourth-order valence-corrected chi connectivity index (χ4v) is 4.72. The molecule has 35 heavy (non-hydrogen) atoms. The number of benzene rings is 2. The summed E-state index contributed by atoms with van der Waals surface area (Å²) in [7, 11) is 0. The Morgan fingerprint density at radius 1 is 1.00 bits per heavy atom. The van der Waals surface area contributed by atoms with Gasteiger partial charge >= 0.3 is 0 Å². The first-order chi connectivity index (χ1) is 17.3. The molecule has 0 amide bonds. The van der Waals surface area contributed by atoms with Gasteiger partial charge in [0.05, 0.1) is 31.7 Å². The van der Waals surface area contributed by atoms with Crippen molar-refractivity contribution in [2.45, 2.75) is 25.7 Å². The van der Waals surface area contributed by atoms with Crippen LogP contribution in [0.15, 0.2) is 48.7 Å². The van der Waals surface area contributed by atoms with Crippen LogP contribution in [0.2, 0.25) is 0 Å². The molecule has 0 radical (unpaired) electrons. The maximum absolute atomic E-state index is 5.91. The van der Waals surface area contributed by atoms with Gasteiger partial charge in [-0.05, 0) is 73.2 Å². The molecule has 0 unspecified atom stereocenters. The summed E-state index contributed by atoms with van der Waals surface area (Å²) in [5.41, 5.74) is 6.04. The Morgan fingerprint density at radius 2 is 1.86 bits per heavy atom. The Morgan fingerprint density at radius 3 is 2.74 bits per heavy atom. The van der Waals surface area contributed by atoms with Crippen LogP contribution in [0.25, 0.3) is 16.9 Å². The van der Waals surface area contributed by atoms with Crippen LogP contribution in [0.5, 0.6) is 5.75 Å². The molecule has 0 saturated carbocycles. The van der Waals surface area contributed by atoms with Crippen molar-refractivity contribution in [3.63, 3.8) is 0 Å². The summed E-state index contributed by atoms with van der Waals surface area (Å²) in [6, 6.07) is 14.4. The fourth-order valence-electron chi connectivity index (χ4n) is 4.72. The van der Waals surface area contributed by atoms with Crippen molar-refractivity contribution < 1.29 is 9.47 Å². The first-order valence-electron chi connectivity index (χ1n) is 12.3. The number of aryl methyl sites for hydroxylation is 2. The topological polar surface area (TPSA) is 90.2 Å². The highest BCUT2D eigenvalue weighted by molar-refractivity contribution is 5.73. The third-order valence-electron chi connectivity index (χ3n) is 6.62. The quantitative estimate of drug-likeness (QED) is 0.390. The zero-order chi connectivity index (χ0) is 23.5. The molecule has 0 spiro atoms. The monoisotopic (exact) mass is 471 g/mol. The Bertz CT molecular complexity index is 1300. The summed E-state index contributed by atoms with van der Waals surface area (Å²) in [5.74, 6) is 1.36. The van der Waals surface area contributed by atoms with Gasteiger partial charge < -0.3 is 14.8 Å². The van der Waals surface area contributed by atoms with Crippen molar-refractivity contribution in [2.24, 2.45) is 0 Å². The lowest BCUT2D eigenvalue weighted by Gasteiger charge is -2.26. The van der Waals surface area contributed by atoms with Gasteiger partial charge in [-0.2, -0.15) is 9.67 Å². The molecule has 4 aromatic rings. The summed E-state index contributed by atoms with van der Waals surface area (Å²) >= 11 is 0. The number of ether oxygens (including phenoxy) is 2. The maximum atomic E-state index is 5.91. The van der Waals surface area contributed by atoms with E-state index < -0.39 is 0 Å². The molecule has 1 N–H and O–H groups in total. The SMILES string of the molecule is c1cc(OCCCN2CCOCC2)ccc1Nc1ncc2nnn(-c3ccc4c(c3)CCC4)c2n1. The van der Waals surface area contributed by atoms with Crippen molar-refractivity contribution in [3.05, 3.63) is 59.8 Å². The minimum absolute atomic E-state index is 0.501. The molecule has 0 atom stereocenters. The van der Waals surface area contributed by atoms with Gasteiger partial charge in [-0.25, -0.2) is 4.98 Å². The minimum atomic E-state index is 0.501. The van der Waals surface area contributed by atoms with Gasteiger partial charge in [-0.3, -0.25) is 4.90 Å². The van der Waals surface area contributed by atoms with Crippen LogP contribution in [0.4, 0.5) is 11.6 Å². The van der Waals surface area contributed by atoms with Crippen molar-refractivity contribution in [2.75, 3.05) is 44.8 Å². The van der Waals surface area contributed by atoms with Crippen LogP contribution in [0.3, 0.4) is 0 Å². The van der Waals surface area contributed by atoms with E-state index in [0.717, 1.165) is 69.2 Å². The van der Waals surface area contributed by atoms with Gasteiger partial charge in [0, 0.05) is 25.3 Å². The molecule has 9 nitrogen and oxygen atoms in total. The predicted octanol–water partition coefficient (Wildman–Crippen LogP) is 3.54. The number of hydrogen-bond donors (Lipinski definition) is 1. The number of nitrogens with zero attached hydrogens (tertiary/aromatic N) is 6. The fraction of sp³-hybridized carbons (Fsp3) is 0.385. The lowest BCUT2D eigenvalue weighted by atomic mass is 10.1. The maximum Gasteiger partial charge on any atom is 0.229 e. The van der Waals surface area contributed by atoms with Crippen molar-refractivity contribution in [3.8, 4) is 11.4 Å². The van der Waals surface area contributed by atoms with E-state index in [0.29, 0.717) is 23.7 Å². The lowest BCUT2D eigenvalue weighted by Crippen LogP contribution is -2.37. The average Bonchev–Trinajstić information content (AvgIpc) is 3.54. The number of anilines is 2. The summed E-state index contributed by atoms with van der Waals surface area (Å²) in [6.45, 7) is 5.43. The van der Waals surface area contributed by atoms with Gasteiger partial charge in [0.15, 0.2) is 11.2 Å². The van der Waals surface area contributed by atoms with E-state index in [1.165, 1.54) is 17.5 Å². The molecule has 1 aliphatic heterocycles. The van der Waals surface area contributed by atoms with E-state index >= 15 is 0 Å². The molecule has 2 aliphatic rings. The largest absolute Gasteiger partial charge is 0.494 e. The van der Waals surface area contributed by atoms with Crippen LogP contribution >= 0.6 is 0 Å². The van der Waals surface area contributed by atoms with Gasteiger partial charge in [-0.1, -0.05) is 11.3 Å². The summed E-state index contributed by atoms with van der Waals surface area (Å²) < 4.78 is 13.1. The smallest absolute Gasteiger partial charge is 0.229 e. The normalized spacial score (nSPS) is 15.9. The molecule has 1 fully saturated rings. The van der Waals surface area contributed by atoms with E-state index in [9.17, 15) is 0 Å². The van der Waals surface area contributed by atoms with Gasteiger partial charge in [0.1, 0.15) is 5.75 Å². The molecule has 1 saturated heterocycles. The number of morpholine rings is 1. The highest BCUT2D eigenvalue weighted by atomic mass is 16.5. The van der Waals surface area contributed by atoms with E-state index in [2.05, 4.69) is 43.7 Å². The number of fused-ring (bicyclic) bond motifs is 2. The van der Waals surface area contributed by atoms with Crippen LogP contribution in [-0.4, -0.2) is 69.3 Å². The molecule has 1 aliphatic carbocycles. The molecule has 2 aromatic heterocycles. The number of hydrogen-bond acceptors (Lipinski definition) is 8. The van der Waals surface area contributed by atoms with Crippen LogP contribution in [-0.2, 0) is 17.6 Å². The highest BCUT2D eigenvalue weighted by Crippen LogP contribution is 2.26. The molecule has 0 bridgehead atoms. The molecule has 180 valence electrons. The molecule has 9 heteroatoms. The zero-order valence-corrected chi connectivity index (χ0v) is 19.7. The summed E-state index contributed by atoms with van der Waals surface area (Å²) in [5, 5.41) is 11.9. The Labute approximate surface area is 204 Å². The number of rotatable bonds is 8. The first kappa shape index (κ1) is 21.9. The van der Waals surface area contributed by atoms with Crippen LogP contribution in [0, 0.1) is 0 Å². The van der Waals surface area contributed by atoms with Gasteiger partial charge in [0.25, 0.3) is 0 Å². The van der Waals surface area contributed by atoms with E-state index in [1.54, 1.807) is 10.9 Å². The minimum Gasteiger partial charge on any atom is -0.494 e. The van der Waals surface area contributed by atoms with Crippen molar-refractivity contribution in [1.82, 2.24) is 29.9 Å². The van der Waals surface area contributed by atoms with E-state index in [4.69, 9.17) is 14.5 Å². The molecule has 3 heterocycles. The van der Waals surface area contributed by atoms with Crippen LogP contribution in [0.1, 0.15) is 24.0 Å². The molecule has 2 aromatic carbocycles. The Hall–Kier alpha value is -3.56. The first-order valence-corrected chi connectivity index (χ1v) is 12.3. The molecular weight excluding hydrogens is 442 g/mol. The second-order valence-electron chi connectivity index (χ2n) is 9.02. The second kappa shape index (κ2) is 9.97. The standard InChI is InChI=1S/C26H29N7O2/c1-3-19-5-8-22(17-20(19)4-1)33-25-24(30-31-33)18-27-26(29-25)28-21-6-9-23(10-7-21)35-14-2-11-32-12-15-34-16-13-32/h5-10,17-18H,1-4,11-16H2,(H,27,28,29). The lowest BCUT2D eigenvalue weighted by molar-refractivity contribution is 0.0358. The van der Waals surface area contributed by atoms with Gasteiger partial charge in [-0.15, -0.1) is 5.10 Å². The molecular formula is C26H29N7O2. The van der Waals surface area contributed by atoms with Crippen molar-refractivity contribution in [1.29, 1.82) is 0 Å². The zero-order valence-electron chi connectivity index (χ0n) is 19.7. The van der Waals surface area contributed by atoms with Crippen LogP contribution < -0.4 is 10.1 Å². The second-order valence-corrected chi connectivity index (χ2v) is 9.02. The predicted molar refractivity (Wildman–Crippen MR) is 134 cm³/mol. The number of nitrogens with one attached hydrogen (secondary N) is 1. The number of aromatic nitrogens is 5. The van der Waals surface area contributed by atoms with Gasteiger partial charge in [0.2, 0.25) is 5.95 Å². The van der Waals surface area contributed by atoms with E-state index in [-0.39, 0.29) is 0 Å². The summed E-state index contributed by atoms with van der Waals surface area (Å²) in [4.78, 5) is 11.5. The Balaban J connectivity index is 1.09. The molecule has 6 rings (SSSR count). The van der Waals surface area contributed by atoms with E-state index in [1.807, 2.05) is 24.3 Å². The highest BCUT2D eigenvalue weighted by Gasteiger charge is 2.15.